The number of nitrogens with zero attached hydrogens (tertiary/aromatic N) is 3. The molecule has 0 radical (unpaired) electrons. The fraction of sp³-hybridized carbons (Fsp3) is 0.100. The number of nitro groups is 1. The molecule has 0 saturated heterocycles. The summed E-state index contributed by atoms with van der Waals surface area (Å²) in [5.41, 5.74) is 1.09. The second-order valence-corrected chi connectivity index (χ2v) is 4.23. The molecular weight excluding hydrogens is 265 g/mol. The van der Waals surface area contributed by atoms with Crippen LogP contribution in [0.1, 0.15) is 5.69 Å². The molecule has 0 saturated carbocycles. The van der Waals surface area contributed by atoms with E-state index in [2.05, 4.69) is 5.10 Å². The average Bonchev–Trinajstić information content (AvgIpc) is 2.63. The Hall–Kier alpha value is -1.59. The van der Waals surface area contributed by atoms with Crippen LogP contribution in [0.15, 0.2) is 24.4 Å². The molecule has 2 aromatic rings. The summed E-state index contributed by atoms with van der Waals surface area (Å²) in [7, 11) is 0. The Morgan fingerprint density at radius 1 is 1.35 bits per heavy atom. The summed E-state index contributed by atoms with van der Waals surface area (Å²) in [4.78, 5) is 10.1. The summed E-state index contributed by atoms with van der Waals surface area (Å²) in [5, 5.41) is 15.2. The second kappa shape index (κ2) is 4.35. The Labute approximate surface area is 107 Å². The topological polar surface area (TPSA) is 61.0 Å². The van der Waals surface area contributed by atoms with Gasteiger partial charge in [-0.3, -0.25) is 10.1 Å². The van der Waals surface area contributed by atoms with Crippen molar-refractivity contribution in [3.05, 3.63) is 50.2 Å². The third-order valence-corrected chi connectivity index (χ3v) is 2.74. The molecule has 0 spiro atoms. The lowest BCUT2D eigenvalue weighted by Gasteiger charge is -2.06. The molecule has 0 N–H and O–H groups in total. The van der Waals surface area contributed by atoms with Crippen LogP contribution in [0.5, 0.6) is 0 Å². The number of aryl methyl sites for hydroxylation is 1. The molecule has 1 aromatic carbocycles. The smallest absolute Gasteiger partial charge is 0.258 e. The third-order valence-electron chi connectivity index (χ3n) is 2.16. The first-order valence-electron chi connectivity index (χ1n) is 4.65. The number of aromatic nitrogens is 2. The molecule has 0 atom stereocenters. The van der Waals surface area contributed by atoms with E-state index in [4.69, 9.17) is 23.2 Å². The number of nitro benzene ring substituents is 1. The van der Waals surface area contributed by atoms with Crippen LogP contribution >= 0.6 is 23.2 Å². The zero-order valence-corrected chi connectivity index (χ0v) is 10.2. The highest BCUT2D eigenvalue weighted by atomic mass is 35.5. The Balaban J connectivity index is 2.60. The number of non-ortho nitro benzene ring substituents is 1. The summed E-state index contributed by atoms with van der Waals surface area (Å²) in [5.74, 6) is 0. The predicted molar refractivity (Wildman–Crippen MR) is 65.0 cm³/mol. The minimum atomic E-state index is -0.546. The molecule has 0 aliphatic carbocycles. The summed E-state index contributed by atoms with van der Waals surface area (Å²) >= 11 is 11.9. The van der Waals surface area contributed by atoms with E-state index in [1.807, 2.05) is 6.92 Å². The van der Waals surface area contributed by atoms with E-state index in [1.165, 1.54) is 16.8 Å². The van der Waals surface area contributed by atoms with Crippen molar-refractivity contribution in [1.82, 2.24) is 9.78 Å². The van der Waals surface area contributed by atoms with Crippen LogP contribution in [0.4, 0.5) is 5.69 Å². The van der Waals surface area contributed by atoms with Crippen molar-refractivity contribution < 1.29 is 4.92 Å². The van der Waals surface area contributed by atoms with Gasteiger partial charge in [-0.2, -0.15) is 5.10 Å². The van der Waals surface area contributed by atoms with Crippen molar-refractivity contribution in [3.8, 4) is 5.69 Å². The van der Waals surface area contributed by atoms with E-state index in [9.17, 15) is 10.1 Å². The van der Waals surface area contributed by atoms with Crippen LogP contribution in [0.2, 0.25) is 10.0 Å². The lowest BCUT2D eigenvalue weighted by molar-refractivity contribution is -0.384. The van der Waals surface area contributed by atoms with Crippen LogP contribution in [0, 0.1) is 17.0 Å². The van der Waals surface area contributed by atoms with Gasteiger partial charge in [0.2, 0.25) is 0 Å². The first-order valence-corrected chi connectivity index (χ1v) is 5.40. The fourth-order valence-electron chi connectivity index (χ4n) is 1.42. The van der Waals surface area contributed by atoms with Crippen molar-refractivity contribution in [2.75, 3.05) is 0 Å². The average molecular weight is 272 g/mol. The van der Waals surface area contributed by atoms with Crippen molar-refractivity contribution >= 4 is 28.9 Å². The summed E-state index contributed by atoms with van der Waals surface area (Å²) in [6.45, 7) is 1.82. The Morgan fingerprint density at radius 3 is 2.35 bits per heavy atom. The van der Waals surface area contributed by atoms with E-state index >= 15 is 0 Å². The van der Waals surface area contributed by atoms with Crippen LogP contribution in [-0.2, 0) is 0 Å². The number of hydrogen-bond acceptors (Lipinski definition) is 3. The molecule has 5 nitrogen and oxygen atoms in total. The van der Waals surface area contributed by atoms with Gasteiger partial charge in [0.25, 0.3) is 5.69 Å². The molecule has 0 amide bonds. The molecule has 7 heteroatoms. The van der Waals surface area contributed by atoms with Crippen LogP contribution in [-0.4, -0.2) is 14.7 Å². The van der Waals surface area contributed by atoms with Gasteiger partial charge in [-0.15, -0.1) is 0 Å². The van der Waals surface area contributed by atoms with Crippen LogP contribution in [0.3, 0.4) is 0 Å². The van der Waals surface area contributed by atoms with E-state index in [1.54, 1.807) is 12.3 Å². The normalized spacial score (nSPS) is 10.5. The number of benzene rings is 1. The van der Waals surface area contributed by atoms with Crippen molar-refractivity contribution in [1.29, 1.82) is 0 Å². The van der Waals surface area contributed by atoms with Gasteiger partial charge >= 0.3 is 0 Å². The molecular formula is C10H7Cl2N3O2. The van der Waals surface area contributed by atoms with E-state index in [0.29, 0.717) is 5.69 Å². The summed E-state index contributed by atoms with van der Waals surface area (Å²) < 4.78 is 1.49. The third kappa shape index (κ3) is 2.25. The summed E-state index contributed by atoms with van der Waals surface area (Å²) in [6, 6.07) is 4.29. The monoisotopic (exact) mass is 271 g/mol. The molecule has 0 bridgehead atoms. The van der Waals surface area contributed by atoms with Gasteiger partial charge in [-0.05, 0) is 13.0 Å². The first kappa shape index (κ1) is 11.9. The van der Waals surface area contributed by atoms with Crippen LogP contribution < -0.4 is 0 Å². The quantitative estimate of drug-likeness (QED) is 0.621. The minimum Gasteiger partial charge on any atom is -0.258 e. The largest absolute Gasteiger partial charge is 0.272 e. The highest BCUT2D eigenvalue weighted by Gasteiger charge is 2.16. The zero-order valence-electron chi connectivity index (χ0n) is 8.72. The lowest BCUT2D eigenvalue weighted by Crippen LogP contribution is -1.99. The van der Waals surface area contributed by atoms with Crippen molar-refractivity contribution in [3.63, 3.8) is 0 Å². The Morgan fingerprint density at radius 2 is 1.94 bits per heavy atom. The highest BCUT2D eigenvalue weighted by molar-refractivity contribution is 6.38. The fourth-order valence-corrected chi connectivity index (χ4v) is 2.06. The molecule has 1 aromatic heterocycles. The van der Waals surface area contributed by atoms with Gasteiger partial charge < -0.3 is 0 Å². The molecule has 0 aliphatic rings. The Kier molecular flexibility index (Phi) is 3.04. The zero-order chi connectivity index (χ0) is 12.6. The second-order valence-electron chi connectivity index (χ2n) is 3.42. The maximum atomic E-state index is 10.6. The number of halogens is 2. The maximum Gasteiger partial charge on any atom is 0.272 e. The van der Waals surface area contributed by atoms with Gasteiger partial charge in [0.05, 0.1) is 20.7 Å². The number of rotatable bonds is 2. The molecule has 17 heavy (non-hydrogen) atoms. The standard InChI is InChI=1S/C10H7Cl2N3O2/c1-6-2-3-14(13-6)10-8(11)4-7(15(16)17)5-9(10)12/h2-5H,1H3. The van der Waals surface area contributed by atoms with E-state index in [0.717, 1.165) is 5.69 Å². The maximum absolute atomic E-state index is 10.6. The molecule has 88 valence electrons. The SMILES string of the molecule is Cc1ccn(-c2c(Cl)cc([N+](=O)[O-])cc2Cl)n1. The lowest BCUT2D eigenvalue weighted by atomic mass is 10.3. The van der Waals surface area contributed by atoms with Crippen molar-refractivity contribution in [2.45, 2.75) is 6.92 Å². The minimum absolute atomic E-state index is 0.146. The van der Waals surface area contributed by atoms with Crippen LogP contribution in [0.25, 0.3) is 5.69 Å². The van der Waals surface area contributed by atoms with Gasteiger partial charge in [0.15, 0.2) is 0 Å². The highest BCUT2D eigenvalue weighted by Crippen LogP contribution is 2.32. The van der Waals surface area contributed by atoms with Crippen molar-refractivity contribution in [2.24, 2.45) is 0 Å². The first-order chi connectivity index (χ1) is 7.99. The molecule has 0 aliphatic heterocycles. The van der Waals surface area contributed by atoms with Gasteiger partial charge in [0, 0.05) is 18.3 Å². The predicted octanol–water partition coefficient (Wildman–Crippen LogP) is 3.40. The van der Waals surface area contributed by atoms with Gasteiger partial charge in [-0.1, -0.05) is 23.2 Å². The molecule has 0 unspecified atom stereocenters. The molecule has 0 fully saturated rings. The molecule has 1 heterocycles. The van der Waals surface area contributed by atoms with Gasteiger partial charge in [-0.25, -0.2) is 4.68 Å². The van der Waals surface area contributed by atoms with Gasteiger partial charge in [0.1, 0.15) is 5.69 Å². The summed E-state index contributed by atoms with van der Waals surface area (Å²) in [6.07, 6.45) is 1.69. The molecule has 2 rings (SSSR count). The van der Waals surface area contributed by atoms with E-state index < -0.39 is 4.92 Å². The Bertz CT molecular complexity index is 572. The van der Waals surface area contributed by atoms with E-state index in [-0.39, 0.29) is 15.7 Å². The number of hydrogen-bond donors (Lipinski definition) is 0.